The third-order valence-electron chi connectivity index (χ3n) is 5.42. The van der Waals surface area contributed by atoms with Crippen molar-refractivity contribution in [2.75, 3.05) is 0 Å². The number of esters is 1. The molecule has 0 radical (unpaired) electrons. The van der Waals surface area contributed by atoms with E-state index >= 15 is 0 Å². The van der Waals surface area contributed by atoms with E-state index in [0.717, 1.165) is 18.2 Å². The minimum absolute atomic E-state index is 0.136. The van der Waals surface area contributed by atoms with Gasteiger partial charge in [0.05, 0.1) is 5.56 Å². The molecule has 1 aromatic heterocycles. The van der Waals surface area contributed by atoms with Gasteiger partial charge in [0.2, 0.25) is 0 Å². The SMILES string of the molecule is CC1(OC(=O)c2ccc3c(c2)c2ccccc2[s+]3-c2ccccc2)CC=CC1. The van der Waals surface area contributed by atoms with Gasteiger partial charge in [0, 0.05) is 34.1 Å². The zero-order valence-electron chi connectivity index (χ0n) is 15.7. The lowest BCUT2D eigenvalue weighted by Crippen LogP contribution is -2.28. The summed E-state index contributed by atoms with van der Waals surface area (Å²) in [7, 11) is -0.136. The fourth-order valence-electron chi connectivity index (χ4n) is 3.96. The van der Waals surface area contributed by atoms with Crippen LogP contribution in [-0.4, -0.2) is 11.6 Å². The number of hydrogen-bond donors (Lipinski definition) is 0. The van der Waals surface area contributed by atoms with Crippen LogP contribution < -0.4 is 0 Å². The molecule has 0 amide bonds. The molecule has 5 rings (SSSR count). The zero-order valence-corrected chi connectivity index (χ0v) is 16.5. The Kier molecular flexibility index (Phi) is 4.06. The minimum atomic E-state index is -0.414. The van der Waals surface area contributed by atoms with Gasteiger partial charge in [-0.3, -0.25) is 0 Å². The molecule has 138 valence electrons. The Balaban J connectivity index is 1.64. The van der Waals surface area contributed by atoms with Crippen LogP contribution in [0.5, 0.6) is 0 Å². The summed E-state index contributed by atoms with van der Waals surface area (Å²) in [6.07, 6.45) is 5.73. The predicted molar refractivity (Wildman–Crippen MR) is 117 cm³/mol. The van der Waals surface area contributed by atoms with Crippen LogP contribution in [0.3, 0.4) is 0 Å². The average molecular weight is 386 g/mol. The maximum absolute atomic E-state index is 12.8. The van der Waals surface area contributed by atoms with Crippen LogP contribution in [0.1, 0.15) is 30.1 Å². The molecule has 1 atom stereocenters. The number of carbonyl (C=O) groups is 1. The maximum atomic E-state index is 12.8. The molecule has 3 aromatic carbocycles. The Morgan fingerprint density at radius 2 is 1.54 bits per heavy atom. The number of hydrogen-bond acceptors (Lipinski definition) is 2. The van der Waals surface area contributed by atoms with Crippen molar-refractivity contribution in [1.29, 1.82) is 0 Å². The van der Waals surface area contributed by atoms with Gasteiger partial charge in [-0.2, -0.15) is 0 Å². The highest BCUT2D eigenvalue weighted by atomic mass is 32.2. The summed E-state index contributed by atoms with van der Waals surface area (Å²) < 4.78 is 8.44. The van der Waals surface area contributed by atoms with E-state index in [2.05, 4.69) is 66.7 Å². The fraction of sp³-hybridized carbons (Fsp3) is 0.160. The molecule has 2 nitrogen and oxygen atoms in total. The molecule has 1 heterocycles. The van der Waals surface area contributed by atoms with Crippen LogP contribution in [0.25, 0.3) is 25.1 Å². The van der Waals surface area contributed by atoms with Crippen LogP contribution in [-0.2, 0) is 4.74 Å². The number of ether oxygens (including phenoxy) is 1. The molecule has 3 heteroatoms. The van der Waals surface area contributed by atoms with Gasteiger partial charge in [0.1, 0.15) is 5.60 Å². The van der Waals surface area contributed by atoms with E-state index in [1.165, 1.54) is 19.7 Å². The van der Waals surface area contributed by atoms with E-state index in [9.17, 15) is 4.79 Å². The van der Waals surface area contributed by atoms with E-state index in [1.54, 1.807) is 0 Å². The molecule has 0 spiro atoms. The molecular weight excluding hydrogens is 364 g/mol. The van der Waals surface area contributed by atoms with Crippen LogP contribution in [0.4, 0.5) is 0 Å². The average Bonchev–Trinajstić information content (AvgIpc) is 3.29. The molecule has 0 saturated carbocycles. The Bertz CT molecular complexity index is 1210. The lowest BCUT2D eigenvalue weighted by atomic mass is 10.0. The lowest BCUT2D eigenvalue weighted by molar-refractivity contribution is -0.00344. The summed E-state index contributed by atoms with van der Waals surface area (Å²) in [6.45, 7) is 2.00. The van der Waals surface area contributed by atoms with Gasteiger partial charge in [0.25, 0.3) is 0 Å². The molecule has 0 aliphatic heterocycles. The van der Waals surface area contributed by atoms with Gasteiger partial charge >= 0.3 is 5.97 Å². The van der Waals surface area contributed by atoms with Crippen molar-refractivity contribution >= 4 is 36.6 Å². The van der Waals surface area contributed by atoms with Gasteiger partial charge in [0.15, 0.2) is 14.3 Å². The number of fused-ring (bicyclic) bond motifs is 3. The Labute approximate surface area is 167 Å². The van der Waals surface area contributed by atoms with E-state index in [4.69, 9.17) is 4.74 Å². The quantitative estimate of drug-likeness (QED) is 0.216. The topological polar surface area (TPSA) is 26.3 Å². The summed E-state index contributed by atoms with van der Waals surface area (Å²) in [4.78, 5) is 14.1. The van der Waals surface area contributed by atoms with Gasteiger partial charge < -0.3 is 4.74 Å². The Hall–Kier alpha value is -2.91. The normalized spacial score (nSPS) is 16.0. The first kappa shape index (κ1) is 17.2. The first-order valence-electron chi connectivity index (χ1n) is 9.56. The standard InChI is InChI=1S/C25H21O2S/c1-25(15-7-8-16-25)27-24(26)18-13-14-23-21(17-18)20-11-5-6-12-22(20)28(23)19-9-3-2-4-10-19/h2-14,17H,15-16H2,1H3/q+1. The second-order valence-corrected chi connectivity index (χ2v) is 9.51. The summed E-state index contributed by atoms with van der Waals surface area (Å²) in [5, 5.41) is 2.36. The second kappa shape index (κ2) is 6.61. The highest BCUT2D eigenvalue weighted by molar-refractivity contribution is 7.50. The number of benzene rings is 3. The number of rotatable bonds is 3. The first-order chi connectivity index (χ1) is 13.6. The molecule has 1 unspecified atom stereocenters. The van der Waals surface area contributed by atoms with E-state index in [0.29, 0.717) is 5.56 Å². The van der Waals surface area contributed by atoms with E-state index in [-0.39, 0.29) is 16.4 Å². The van der Waals surface area contributed by atoms with Crippen molar-refractivity contribution in [2.45, 2.75) is 25.4 Å². The molecular formula is C25H21O2S+. The summed E-state index contributed by atoms with van der Waals surface area (Å²) in [5.41, 5.74) is 0.211. The summed E-state index contributed by atoms with van der Waals surface area (Å²) in [6, 6.07) is 25.2. The van der Waals surface area contributed by atoms with Crippen molar-refractivity contribution in [3.63, 3.8) is 0 Å². The highest BCUT2D eigenvalue weighted by Crippen LogP contribution is 2.48. The predicted octanol–water partition coefficient (Wildman–Crippen LogP) is 7.00. The third-order valence-corrected chi connectivity index (χ3v) is 7.75. The fourth-order valence-corrected chi connectivity index (χ4v) is 6.34. The zero-order chi connectivity index (χ0) is 19.1. The molecule has 0 fully saturated rings. The molecule has 4 aromatic rings. The molecule has 0 saturated heterocycles. The maximum Gasteiger partial charge on any atom is 0.338 e. The molecule has 1 aliphatic carbocycles. The number of thiophene rings is 1. The smallest absolute Gasteiger partial charge is 0.338 e. The van der Waals surface area contributed by atoms with Crippen molar-refractivity contribution in [3.8, 4) is 4.90 Å². The summed E-state index contributed by atoms with van der Waals surface area (Å²) >= 11 is 0. The Morgan fingerprint density at radius 1 is 0.857 bits per heavy atom. The van der Waals surface area contributed by atoms with Crippen molar-refractivity contribution in [1.82, 2.24) is 0 Å². The highest BCUT2D eigenvalue weighted by Gasteiger charge is 2.31. The monoisotopic (exact) mass is 385 g/mol. The van der Waals surface area contributed by atoms with E-state index in [1.807, 2.05) is 25.1 Å². The minimum Gasteiger partial charge on any atom is -0.455 e. The second-order valence-electron chi connectivity index (χ2n) is 7.55. The number of carbonyl (C=O) groups excluding carboxylic acids is 1. The van der Waals surface area contributed by atoms with E-state index < -0.39 is 5.60 Å². The lowest BCUT2D eigenvalue weighted by Gasteiger charge is -2.24. The largest absolute Gasteiger partial charge is 0.455 e. The first-order valence-corrected chi connectivity index (χ1v) is 10.8. The molecule has 0 N–H and O–H groups in total. The third kappa shape index (κ3) is 2.83. The molecule has 28 heavy (non-hydrogen) atoms. The molecule has 1 aliphatic rings. The van der Waals surface area contributed by atoms with Crippen LogP contribution in [0.2, 0.25) is 0 Å². The van der Waals surface area contributed by atoms with Crippen molar-refractivity contribution < 1.29 is 9.53 Å². The van der Waals surface area contributed by atoms with Gasteiger partial charge in [-0.05, 0) is 49.4 Å². The Morgan fingerprint density at radius 3 is 2.32 bits per heavy atom. The molecule has 0 bridgehead atoms. The van der Waals surface area contributed by atoms with Gasteiger partial charge in [-0.15, -0.1) is 0 Å². The van der Waals surface area contributed by atoms with Gasteiger partial charge in [-0.1, -0.05) is 42.5 Å². The summed E-state index contributed by atoms with van der Waals surface area (Å²) in [5.74, 6) is -0.238. The van der Waals surface area contributed by atoms with Crippen LogP contribution >= 0.6 is 10.5 Å². The van der Waals surface area contributed by atoms with Crippen LogP contribution in [0, 0.1) is 0 Å². The van der Waals surface area contributed by atoms with Crippen molar-refractivity contribution in [3.05, 3.63) is 90.5 Å². The van der Waals surface area contributed by atoms with Crippen molar-refractivity contribution in [2.24, 2.45) is 0 Å². The van der Waals surface area contributed by atoms with Crippen LogP contribution in [0.15, 0.2) is 84.9 Å². The van der Waals surface area contributed by atoms with Gasteiger partial charge in [-0.25, -0.2) is 4.79 Å².